The minimum absolute atomic E-state index is 0.407. The standard InChI is InChI=1S/C6H9NO4/c1-7-5(9)4(3-8)6(10)11-2/h3,8H,1-2H3,(H,7,9). The van der Waals surface area contributed by atoms with Crippen molar-refractivity contribution in [3.63, 3.8) is 0 Å². The van der Waals surface area contributed by atoms with Crippen LogP contribution in [0.5, 0.6) is 0 Å². The molecule has 0 spiro atoms. The fourth-order valence-corrected chi connectivity index (χ4v) is 0.449. The van der Waals surface area contributed by atoms with Gasteiger partial charge in [-0.2, -0.15) is 0 Å². The van der Waals surface area contributed by atoms with E-state index in [-0.39, 0.29) is 0 Å². The molecule has 0 saturated heterocycles. The third-order valence-corrected chi connectivity index (χ3v) is 1.01. The summed E-state index contributed by atoms with van der Waals surface area (Å²) in [6.07, 6.45) is 0.407. The molecule has 0 unspecified atom stereocenters. The third-order valence-electron chi connectivity index (χ3n) is 1.01. The number of carbonyl (C=O) groups excluding carboxylic acids is 2. The summed E-state index contributed by atoms with van der Waals surface area (Å²) in [6, 6.07) is 0. The average molecular weight is 159 g/mol. The fraction of sp³-hybridized carbons (Fsp3) is 0.333. The Morgan fingerprint density at radius 2 is 2.09 bits per heavy atom. The number of hydrogen-bond donors (Lipinski definition) is 2. The number of hydrogen-bond acceptors (Lipinski definition) is 4. The highest BCUT2D eigenvalue weighted by atomic mass is 16.5. The topological polar surface area (TPSA) is 75.6 Å². The maximum atomic E-state index is 10.7. The van der Waals surface area contributed by atoms with Crippen molar-refractivity contribution in [2.24, 2.45) is 0 Å². The van der Waals surface area contributed by atoms with Crippen LogP contribution in [-0.2, 0) is 14.3 Å². The molecule has 0 aromatic rings. The lowest BCUT2D eigenvalue weighted by Crippen LogP contribution is -2.25. The van der Waals surface area contributed by atoms with E-state index in [0.29, 0.717) is 6.26 Å². The van der Waals surface area contributed by atoms with Crippen molar-refractivity contribution in [1.82, 2.24) is 5.32 Å². The molecule has 0 aromatic carbocycles. The van der Waals surface area contributed by atoms with Crippen LogP contribution in [0.25, 0.3) is 0 Å². The summed E-state index contributed by atoms with van der Waals surface area (Å²) in [5, 5.41) is 10.6. The molecule has 0 aromatic heterocycles. The normalized spacial score (nSPS) is 10.5. The van der Waals surface area contributed by atoms with Crippen molar-refractivity contribution in [3.8, 4) is 0 Å². The smallest absolute Gasteiger partial charge is 0.346 e. The molecule has 0 atom stereocenters. The van der Waals surface area contributed by atoms with E-state index in [1.54, 1.807) is 0 Å². The largest absolute Gasteiger partial charge is 0.514 e. The van der Waals surface area contributed by atoms with Crippen LogP contribution in [0, 0.1) is 0 Å². The summed E-state index contributed by atoms with van der Waals surface area (Å²) in [7, 11) is 2.46. The molecule has 0 aliphatic carbocycles. The molecular weight excluding hydrogens is 150 g/mol. The van der Waals surface area contributed by atoms with Gasteiger partial charge in [-0.3, -0.25) is 4.79 Å². The maximum absolute atomic E-state index is 10.7. The Bertz CT molecular complexity index is 179. The zero-order chi connectivity index (χ0) is 8.85. The molecule has 0 heterocycles. The number of methoxy groups -OCH3 is 1. The predicted octanol–water partition coefficient (Wildman–Crippen LogP) is -0.653. The number of amides is 1. The van der Waals surface area contributed by atoms with Crippen LogP contribution in [0.3, 0.4) is 0 Å². The van der Waals surface area contributed by atoms with Crippen molar-refractivity contribution >= 4 is 11.9 Å². The van der Waals surface area contributed by atoms with E-state index < -0.39 is 17.4 Å². The molecule has 2 N–H and O–H groups in total. The molecule has 0 aliphatic heterocycles. The van der Waals surface area contributed by atoms with Crippen molar-refractivity contribution in [2.75, 3.05) is 14.2 Å². The van der Waals surface area contributed by atoms with Gasteiger partial charge in [-0.25, -0.2) is 4.79 Å². The second kappa shape index (κ2) is 4.32. The number of esters is 1. The van der Waals surface area contributed by atoms with E-state index in [4.69, 9.17) is 5.11 Å². The van der Waals surface area contributed by atoms with Crippen LogP contribution in [0.1, 0.15) is 0 Å². The first kappa shape index (κ1) is 9.48. The molecular formula is C6H9NO4. The number of nitrogens with one attached hydrogen (secondary N) is 1. The van der Waals surface area contributed by atoms with E-state index in [1.165, 1.54) is 7.05 Å². The first-order valence-electron chi connectivity index (χ1n) is 2.82. The van der Waals surface area contributed by atoms with Crippen molar-refractivity contribution in [3.05, 3.63) is 11.8 Å². The summed E-state index contributed by atoms with van der Waals surface area (Å²) in [5.41, 5.74) is -0.421. The molecule has 0 bridgehead atoms. The highest BCUT2D eigenvalue weighted by Crippen LogP contribution is 1.94. The molecule has 1 amide bonds. The van der Waals surface area contributed by atoms with Gasteiger partial charge in [0.05, 0.1) is 13.4 Å². The zero-order valence-corrected chi connectivity index (χ0v) is 6.25. The van der Waals surface area contributed by atoms with Gasteiger partial charge in [0.15, 0.2) is 5.57 Å². The van der Waals surface area contributed by atoms with Crippen LogP contribution in [0.2, 0.25) is 0 Å². The van der Waals surface area contributed by atoms with Gasteiger partial charge in [0.2, 0.25) is 0 Å². The predicted molar refractivity (Wildman–Crippen MR) is 36.8 cm³/mol. The molecule has 11 heavy (non-hydrogen) atoms. The number of aliphatic hydroxyl groups is 1. The van der Waals surface area contributed by atoms with Crippen molar-refractivity contribution in [1.29, 1.82) is 0 Å². The van der Waals surface area contributed by atoms with Crippen LogP contribution in [0.4, 0.5) is 0 Å². The summed E-state index contributed by atoms with van der Waals surface area (Å²) < 4.78 is 4.20. The van der Waals surface area contributed by atoms with Gasteiger partial charge in [0.1, 0.15) is 0 Å². The van der Waals surface area contributed by atoms with E-state index >= 15 is 0 Å². The van der Waals surface area contributed by atoms with Gasteiger partial charge in [-0.1, -0.05) is 0 Å². The lowest BCUT2D eigenvalue weighted by Gasteiger charge is -2.00. The quantitative estimate of drug-likeness (QED) is 0.184. The Morgan fingerprint density at radius 1 is 1.55 bits per heavy atom. The lowest BCUT2D eigenvalue weighted by molar-refractivity contribution is -0.138. The second-order valence-electron chi connectivity index (χ2n) is 1.61. The SMILES string of the molecule is CNC(=O)C(=CO)C(=O)OC. The van der Waals surface area contributed by atoms with Gasteiger partial charge in [0.25, 0.3) is 5.91 Å². The summed E-state index contributed by atoms with van der Waals surface area (Å²) in [6.45, 7) is 0. The van der Waals surface area contributed by atoms with E-state index in [1.807, 2.05) is 0 Å². The fourth-order valence-electron chi connectivity index (χ4n) is 0.449. The monoisotopic (exact) mass is 159 g/mol. The first-order valence-corrected chi connectivity index (χ1v) is 2.82. The van der Waals surface area contributed by atoms with Gasteiger partial charge >= 0.3 is 5.97 Å². The van der Waals surface area contributed by atoms with Crippen LogP contribution in [-0.4, -0.2) is 31.1 Å². The first-order chi connectivity index (χ1) is 5.17. The molecule has 62 valence electrons. The Balaban J connectivity index is 4.43. The van der Waals surface area contributed by atoms with Gasteiger partial charge < -0.3 is 15.2 Å². The molecule has 0 aliphatic rings. The summed E-state index contributed by atoms with van der Waals surface area (Å²) in [5.74, 6) is -1.55. The molecule has 0 saturated carbocycles. The van der Waals surface area contributed by atoms with Gasteiger partial charge in [-0.05, 0) is 0 Å². The highest BCUT2D eigenvalue weighted by Gasteiger charge is 2.17. The maximum Gasteiger partial charge on any atom is 0.346 e. The van der Waals surface area contributed by atoms with Crippen LogP contribution < -0.4 is 5.32 Å². The lowest BCUT2D eigenvalue weighted by atomic mass is 10.3. The Morgan fingerprint density at radius 3 is 2.36 bits per heavy atom. The van der Waals surface area contributed by atoms with E-state index in [9.17, 15) is 9.59 Å². The molecule has 5 nitrogen and oxygen atoms in total. The van der Waals surface area contributed by atoms with Crippen LogP contribution >= 0.6 is 0 Å². The van der Waals surface area contributed by atoms with Crippen molar-refractivity contribution < 1.29 is 19.4 Å². The summed E-state index contributed by atoms with van der Waals surface area (Å²) >= 11 is 0. The minimum atomic E-state index is -0.869. The molecule has 0 radical (unpaired) electrons. The molecule has 0 fully saturated rings. The minimum Gasteiger partial charge on any atom is -0.514 e. The van der Waals surface area contributed by atoms with Gasteiger partial charge in [-0.15, -0.1) is 0 Å². The number of aliphatic hydroxyl groups excluding tert-OH is 1. The van der Waals surface area contributed by atoms with Crippen molar-refractivity contribution in [2.45, 2.75) is 0 Å². The number of likely N-dealkylation sites (N-methyl/N-ethyl adjacent to an activating group) is 1. The third kappa shape index (κ3) is 2.29. The Hall–Kier alpha value is -1.52. The Kier molecular flexibility index (Phi) is 3.72. The number of ether oxygens (including phenoxy) is 1. The molecule has 0 rings (SSSR count). The second-order valence-corrected chi connectivity index (χ2v) is 1.61. The highest BCUT2D eigenvalue weighted by molar-refractivity contribution is 6.15. The van der Waals surface area contributed by atoms with Crippen LogP contribution in [0.15, 0.2) is 11.8 Å². The Labute approximate surface area is 63.7 Å². The number of rotatable bonds is 2. The molecule has 5 heteroatoms. The van der Waals surface area contributed by atoms with E-state index in [0.717, 1.165) is 7.11 Å². The van der Waals surface area contributed by atoms with Gasteiger partial charge in [0, 0.05) is 7.05 Å². The average Bonchev–Trinajstić information content (AvgIpc) is 2.05. The number of carbonyl (C=O) groups is 2. The zero-order valence-electron chi connectivity index (χ0n) is 6.25. The summed E-state index contributed by atoms with van der Waals surface area (Å²) in [4.78, 5) is 21.3. The van der Waals surface area contributed by atoms with E-state index in [2.05, 4.69) is 10.1 Å².